The van der Waals surface area contributed by atoms with Gasteiger partial charge in [-0.1, -0.05) is 45.8 Å². The summed E-state index contributed by atoms with van der Waals surface area (Å²) in [5, 5.41) is 0.0445. The van der Waals surface area contributed by atoms with Crippen LogP contribution in [0.4, 0.5) is 0 Å². The summed E-state index contributed by atoms with van der Waals surface area (Å²) in [6, 6.07) is -0.255. The molecule has 0 amide bonds. The van der Waals surface area contributed by atoms with Gasteiger partial charge >= 0.3 is 11.9 Å². The van der Waals surface area contributed by atoms with Crippen LogP contribution in [0, 0.1) is 24.2 Å². The number of terminal acetylenes is 1. The average molecular weight is 452 g/mol. The van der Waals surface area contributed by atoms with Crippen LogP contribution in [-0.4, -0.2) is 63.1 Å². The van der Waals surface area contributed by atoms with E-state index in [1.54, 1.807) is 18.7 Å². The zero-order valence-electron chi connectivity index (χ0n) is 20.8. The molecule has 0 radical (unpaired) electrons. The standard InChI is InChI=1S/C24H41NO5Si/c1-11-15-20-19(17-30-31(9,10)23(6,7)8)18(5)24(21(26)28-13-3,22(27)29-14-4)25(20)16-12-2/h2,11,15,18-20H,13-14,16-17H2,1,3-10H3/b15-11+/t18-,19-,20-/m1/s1. The second-order valence-electron chi connectivity index (χ2n) is 9.58. The Bertz CT molecular complexity index is 686. The minimum atomic E-state index is -2.04. The summed E-state index contributed by atoms with van der Waals surface area (Å²) >= 11 is 0. The molecule has 0 bridgehead atoms. The normalized spacial score (nSPS) is 24.2. The number of esters is 2. The Kier molecular flexibility index (Phi) is 9.55. The van der Waals surface area contributed by atoms with Gasteiger partial charge in [0.1, 0.15) is 0 Å². The highest BCUT2D eigenvalue weighted by atomic mass is 28.4. The molecule has 3 atom stereocenters. The van der Waals surface area contributed by atoms with Crippen LogP contribution in [0.15, 0.2) is 12.2 Å². The first-order valence-electron chi connectivity index (χ1n) is 11.2. The number of nitrogens with zero attached hydrogens (tertiary/aromatic N) is 1. The molecule has 0 aromatic heterocycles. The highest BCUT2D eigenvalue weighted by molar-refractivity contribution is 6.74. The molecule has 1 rings (SSSR count). The fourth-order valence-electron chi connectivity index (χ4n) is 4.04. The summed E-state index contributed by atoms with van der Waals surface area (Å²) in [6.45, 7) is 19.1. The third-order valence-electron chi connectivity index (χ3n) is 6.82. The molecule has 1 fully saturated rings. The van der Waals surface area contributed by atoms with E-state index in [2.05, 4.69) is 39.8 Å². The van der Waals surface area contributed by atoms with Crippen molar-refractivity contribution in [1.29, 1.82) is 0 Å². The SMILES string of the molecule is C#CCN1[C@H](/C=C/C)[C@H](CO[Si](C)(C)C(C)(C)C)[C@@H](C)C1(C(=O)OCC)C(=O)OCC. The van der Waals surface area contributed by atoms with Crippen molar-refractivity contribution in [1.82, 2.24) is 4.90 Å². The minimum Gasteiger partial charge on any atom is -0.464 e. The maximum absolute atomic E-state index is 13.3. The molecular formula is C24H41NO5Si. The lowest BCUT2D eigenvalue weighted by Crippen LogP contribution is -2.62. The van der Waals surface area contributed by atoms with E-state index in [1.165, 1.54) is 0 Å². The predicted octanol–water partition coefficient (Wildman–Crippen LogP) is 4.02. The van der Waals surface area contributed by atoms with E-state index in [0.29, 0.717) is 6.61 Å². The molecule has 31 heavy (non-hydrogen) atoms. The largest absolute Gasteiger partial charge is 0.464 e. The smallest absolute Gasteiger partial charge is 0.338 e. The summed E-state index contributed by atoms with van der Waals surface area (Å²) in [6.07, 6.45) is 9.60. The van der Waals surface area contributed by atoms with Gasteiger partial charge in [0, 0.05) is 24.5 Å². The molecule has 6 nitrogen and oxygen atoms in total. The van der Waals surface area contributed by atoms with Crippen molar-refractivity contribution in [2.45, 2.75) is 78.2 Å². The Morgan fingerprint density at radius 1 is 1.16 bits per heavy atom. The Labute approximate surface area is 189 Å². The van der Waals surface area contributed by atoms with E-state index in [-0.39, 0.29) is 36.8 Å². The fourth-order valence-corrected chi connectivity index (χ4v) is 5.08. The summed E-state index contributed by atoms with van der Waals surface area (Å²) in [4.78, 5) is 28.5. The molecule has 176 valence electrons. The second-order valence-corrected chi connectivity index (χ2v) is 14.4. The number of hydrogen-bond donors (Lipinski definition) is 0. The van der Waals surface area contributed by atoms with E-state index >= 15 is 0 Å². The van der Waals surface area contributed by atoms with E-state index in [9.17, 15) is 9.59 Å². The van der Waals surface area contributed by atoms with E-state index in [4.69, 9.17) is 20.3 Å². The Hall–Kier alpha value is -1.62. The third-order valence-corrected chi connectivity index (χ3v) is 11.3. The summed E-state index contributed by atoms with van der Waals surface area (Å²) < 4.78 is 17.4. The van der Waals surface area contributed by atoms with E-state index in [0.717, 1.165) is 0 Å². The van der Waals surface area contributed by atoms with Crippen molar-refractivity contribution in [2.75, 3.05) is 26.4 Å². The third kappa shape index (κ3) is 5.24. The molecule has 7 heteroatoms. The Balaban J connectivity index is 3.57. The lowest BCUT2D eigenvalue weighted by Gasteiger charge is -2.38. The molecule has 0 aromatic rings. The predicted molar refractivity (Wildman–Crippen MR) is 126 cm³/mol. The number of allylic oxidation sites excluding steroid dienone is 1. The molecule has 0 spiro atoms. The summed E-state index contributed by atoms with van der Waals surface area (Å²) in [7, 11) is -2.04. The van der Waals surface area contributed by atoms with Crippen LogP contribution < -0.4 is 0 Å². The zero-order valence-corrected chi connectivity index (χ0v) is 21.8. The molecule has 1 heterocycles. The van der Waals surface area contributed by atoms with Gasteiger partial charge in [0.2, 0.25) is 5.54 Å². The van der Waals surface area contributed by atoms with Crippen molar-refractivity contribution in [3.8, 4) is 12.3 Å². The van der Waals surface area contributed by atoms with Crippen molar-refractivity contribution in [3.63, 3.8) is 0 Å². The molecule has 1 saturated heterocycles. The Morgan fingerprint density at radius 2 is 1.68 bits per heavy atom. The van der Waals surface area contributed by atoms with E-state index < -0.39 is 31.7 Å². The molecular weight excluding hydrogens is 410 g/mol. The fraction of sp³-hybridized carbons (Fsp3) is 0.750. The molecule has 1 aliphatic heterocycles. The maximum Gasteiger partial charge on any atom is 0.338 e. The molecule has 1 aliphatic rings. The van der Waals surface area contributed by atoms with Gasteiger partial charge in [-0.2, -0.15) is 0 Å². The van der Waals surface area contributed by atoms with Gasteiger partial charge in [0.15, 0.2) is 8.32 Å². The van der Waals surface area contributed by atoms with Crippen LogP contribution in [0.3, 0.4) is 0 Å². The molecule has 0 aliphatic carbocycles. The second kappa shape index (κ2) is 10.8. The van der Waals surface area contributed by atoms with Gasteiger partial charge in [-0.3, -0.25) is 4.90 Å². The van der Waals surface area contributed by atoms with Crippen LogP contribution in [0.25, 0.3) is 0 Å². The molecule has 0 saturated carbocycles. The summed E-state index contributed by atoms with van der Waals surface area (Å²) in [5.41, 5.74) is -1.61. The van der Waals surface area contributed by atoms with Crippen molar-refractivity contribution >= 4 is 20.3 Å². The van der Waals surface area contributed by atoms with Crippen LogP contribution in [0.2, 0.25) is 18.1 Å². The van der Waals surface area contributed by atoms with Crippen molar-refractivity contribution in [3.05, 3.63) is 12.2 Å². The van der Waals surface area contributed by atoms with Crippen molar-refractivity contribution < 1.29 is 23.5 Å². The average Bonchev–Trinajstić information content (AvgIpc) is 2.89. The highest BCUT2D eigenvalue weighted by Crippen LogP contribution is 2.47. The first-order valence-corrected chi connectivity index (χ1v) is 14.1. The van der Waals surface area contributed by atoms with Crippen LogP contribution in [0.1, 0.15) is 48.5 Å². The monoisotopic (exact) mass is 451 g/mol. The number of carbonyl (C=O) groups excluding carboxylic acids is 2. The van der Waals surface area contributed by atoms with Gasteiger partial charge in [-0.05, 0) is 38.9 Å². The zero-order chi connectivity index (χ0) is 24.0. The van der Waals surface area contributed by atoms with Gasteiger partial charge in [0.25, 0.3) is 0 Å². The van der Waals surface area contributed by atoms with Crippen LogP contribution in [-0.2, 0) is 23.5 Å². The van der Waals surface area contributed by atoms with Gasteiger partial charge in [-0.15, -0.1) is 6.42 Å². The summed E-state index contributed by atoms with van der Waals surface area (Å²) in [5.74, 6) is 0.864. The minimum absolute atomic E-state index is 0.0445. The number of carbonyl (C=O) groups is 2. The highest BCUT2D eigenvalue weighted by Gasteiger charge is 2.67. The molecule has 0 aromatic carbocycles. The maximum atomic E-state index is 13.3. The quantitative estimate of drug-likeness (QED) is 0.173. The van der Waals surface area contributed by atoms with Crippen LogP contribution in [0.5, 0.6) is 0 Å². The van der Waals surface area contributed by atoms with Crippen LogP contribution >= 0.6 is 0 Å². The molecule has 0 N–H and O–H groups in total. The number of ether oxygens (including phenoxy) is 2. The van der Waals surface area contributed by atoms with Crippen molar-refractivity contribution in [2.24, 2.45) is 11.8 Å². The first kappa shape index (κ1) is 27.4. The van der Waals surface area contributed by atoms with Gasteiger partial charge in [-0.25, -0.2) is 9.59 Å². The lowest BCUT2D eigenvalue weighted by atomic mass is 9.80. The Morgan fingerprint density at radius 3 is 2.06 bits per heavy atom. The van der Waals surface area contributed by atoms with Gasteiger partial charge < -0.3 is 13.9 Å². The topological polar surface area (TPSA) is 65.1 Å². The lowest BCUT2D eigenvalue weighted by molar-refractivity contribution is -0.176. The molecule has 0 unspecified atom stereocenters. The van der Waals surface area contributed by atoms with Gasteiger partial charge in [0.05, 0.1) is 19.8 Å². The number of likely N-dealkylation sites (tertiary alicyclic amines) is 1. The number of hydrogen-bond acceptors (Lipinski definition) is 6. The first-order chi connectivity index (χ1) is 14.4. The number of rotatable bonds is 9. The van der Waals surface area contributed by atoms with E-state index in [1.807, 2.05) is 26.0 Å².